The Balaban J connectivity index is 1.38. The van der Waals surface area contributed by atoms with Crippen molar-refractivity contribution < 1.29 is 23.9 Å². The summed E-state index contributed by atoms with van der Waals surface area (Å²) >= 11 is 0. The van der Waals surface area contributed by atoms with Gasteiger partial charge >= 0.3 is 0 Å². The lowest BCUT2D eigenvalue weighted by molar-refractivity contribution is -0.132. The predicted molar refractivity (Wildman–Crippen MR) is 192 cm³/mol. The summed E-state index contributed by atoms with van der Waals surface area (Å²) in [5.74, 6) is -0.114. The smallest absolute Gasteiger partial charge is 0.227 e. The standard InChI is InChI=1S/C38H54N6O5/c1-27(2)36(47)37(3,4)19-23-49-38(5,6)18-20-40-32(45)16-17-33(46)43-26-28-12-8-9-13-29(28)35-34(30-14-10-11-15-31(30)43)41-42-44(35)22-25-48-24-21-39-7/h8-15,27,39H,16-26H2,1-7H3,(H,40,45). The fourth-order valence-corrected chi connectivity index (χ4v) is 6.13. The van der Waals surface area contributed by atoms with E-state index in [9.17, 15) is 14.4 Å². The Kier molecular flexibility index (Phi) is 13.2. The zero-order valence-corrected chi connectivity index (χ0v) is 30.3. The summed E-state index contributed by atoms with van der Waals surface area (Å²) < 4.78 is 13.8. The third kappa shape index (κ3) is 10.1. The molecule has 0 aliphatic carbocycles. The number of aromatic nitrogens is 3. The molecule has 0 spiro atoms. The lowest BCUT2D eigenvalue weighted by atomic mass is 9.80. The van der Waals surface area contributed by atoms with Crippen molar-refractivity contribution in [2.24, 2.45) is 11.3 Å². The van der Waals surface area contributed by atoms with Crippen LogP contribution >= 0.6 is 0 Å². The second kappa shape index (κ2) is 17.1. The number of hydrogen-bond donors (Lipinski definition) is 2. The second-order valence-corrected chi connectivity index (χ2v) is 14.2. The lowest BCUT2D eigenvalue weighted by Crippen LogP contribution is -2.36. The number of benzene rings is 2. The average molecular weight is 675 g/mol. The van der Waals surface area contributed by atoms with Crippen LogP contribution in [0.4, 0.5) is 5.69 Å². The van der Waals surface area contributed by atoms with Crippen molar-refractivity contribution in [3.63, 3.8) is 0 Å². The van der Waals surface area contributed by atoms with Crippen molar-refractivity contribution >= 4 is 23.3 Å². The molecule has 0 unspecified atom stereocenters. The molecule has 11 nitrogen and oxygen atoms in total. The maximum atomic E-state index is 13.8. The molecule has 0 saturated carbocycles. The van der Waals surface area contributed by atoms with Crippen molar-refractivity contribution in [2.45, 2.75) is 85.9 Å². The first-order chi connectivity index (χ1) is 23.3. The highest BCUT2D eigenvalue weighted by Crippen LogP contribution is 2.41. The van der Waals surface area contributed by atoms with Gasteiger partial charge in [0, 0.05) is 55.0 Å². The maximum Gasteiger partial charge on any atom is 0.227 e. The molecule has 0 saturated heterocycles. The molecule has 0 atom stereocenters. The molecule has 3 aromatic rings. The maximum absolute atomic E-state index is 13.8. The first kappa shape index (κ1) is 37.9. The number of likely N-dealkylation sites (N-methyl/N-ethyl adjacent to an activating group) is 1. The van der Waals surface area contributed by atoms with Gasteiger partial charge in [0.25, 0.3) is 0 Å². The summed E-state index contributed by atoms with van der Waals surface area (Å²) in [6.07, 6.45) is 1.37. The molecule has 1 aromatic heterocycles. The van der Waals surface area contributed by atoms with E-state index in [0.29, 0.717) is 58.0 Å². The average Bonchev–Trinajstić information content (AvgIpc) is 3.47. The van der Waals surface area contributed by atoms with E-state index < -0.39 is 11.0 Å². The summed E-state index contributed by atoms with van der Waals surface area (Å²) in [6.45, 7) is 15.4. The number of nitrogens with zero attached hydrogens (tertiary/aromatic N) is 4. The number of hydrogen-bond acceptors (Lipinski definition) is 8. The molecule has 2 amide bonds. The van der Waals surface area contributed by atoms with Crippen molar-refractivity contribution in [1.29, 1.82) is 0 Å². The van der Waals surface area contributed by atoms with Crippen LogP contribution in [-0.2, 0) is 36.9 Å². The fraction of sp³-hybridized carbons (Fsp3) is 0.553. The fourth-order valence-electron chi connectivity index (χ4n) is 6.13. The molecule has 0 radical (unpaired) electrons. The van der Waals surface area contributed by atoms with Crippen LogP contribution in [-0.4, -0.2) is 78.2 Å². The van der Waals surface area contributed by atoms with E-state index in [1.54, 1.807) is 4.90 Å². The summed E-state index contributed by atoms with van der Waals surface area (Å²) in [7, 11) is 1.89. The van der Waals surface area contributed by atoms with Gasteiger partial charge in [-0.15, -0.1) is 5.10 Å². The van der Waals surface area contributed by atoms with E-state index >= 15 is 0 Å². The molecule has 1 aliphatic rings. The largest absolute Gasteiger partial charge is 0.378 e. The van der Waals surface area contributed by atoms with E-state index in [1.165, 1.54) is 0 Å². The van der Waals surface area contributed by atoms with Crippen LogP contribution in [0.25, 0.3) is 22.5 Å². The summed E-state index contributed by atoms with van der Waals surface area (Å²) in [5.41, 5.74) is 4.16. The minimum atomic E-state index is -0.470. The molecular formula is C38H54N6O5. The molecule has 11 heteroatoms. The number of ketones is 1. The Morgan fingerprint density at radius 3 is 2.35 bits per heavy atom. The van der Waals surface area contributed by atoms with Gasteiger partial charge in [-0.3, -0.25) is 14.4 Å². The van der Waals surface area contributed by atoms with Gasteiger partial charge in [0.2, 0.25) is 11.8 Å². The van der Waals surface area contributed by atoms with Crippen molar-refractivity contribution in [3.05, 3.63) is 54.1 Å². The first-order valence-electron chi connectivity index (χ1n) is 17.4. The Hall–Kier alpha value is -3.93. The number of amides is 2. The number of Topliss-reactive ketones (excluding diaryl/α,β-unsaturated/α-hetero) is 1. The normalized spacial score (nSPS) is 12.9. The van der Waals surface area contributed by atoms with E-state index in [4.69, 9.17) is 9.47 Å². The molecule has 0 bridgehead atoms. The number of fused-ring (bicyclic) bond motifs is 5. The number of carbonyl (C=O) groups is 3. The van der Waals surface area contributed by atoms with E-state index in [0.717, 1.165) is 34.6 Å². The van der Waals surface area contributed by atoms with Gasteiger partial charge in [-0.1, -0.05) is 75.4 Å². The lowest BCUT2D eigenvalue weighted by Gasteiger charge is -2.30. The van der Waals surface area contributed by atoms with Gasteiger partial charge in [0.05, 0.1) is 43.3 Å². The summed E-state index contributed by atoms with van der Waals surface area (Å²) in [5, 5.41) is 15.1. The SMILES string of the molecule is CNCCOCCn1nnc2c1-c1ccccc1CN(C(=O)CCC(=O)NCCC(C)(C)OCCC(C)(C)C(=O)C(C)C)c1ccccc1-2. The van der Waals surface area contributed by atoms with Crippen molar-refractivity contribution in [1.82, 2.24) is 25.6 Å². The number of nitrogens with one attached hydrogen (secondary N) is 2. The molecule has 0 fully saturated rings. The quantitative estimate of drug-likeness (QED) is 0.171. The Bertz CT molecular complexity index is 1580. The highest BCUT2D eigenvalue weighted by Gasteiger charge is 2.31. The Morgan fingerprint density at radius 2 is 1.61 bits per heavy atom. The summed E-state index contributed by atoms with van der Waals surface area (Å²) in [6, 6.07) is 15.7. The van der Waals surface area contributed by atoms with Crippen molar-refractivity contribution in [3.8, 4) is 22.5 Å². The van der Waals surface area contributed by atoms with Crippen LogP contribution < -0.4 is 15.5 Å². The molecule has 4 rings (SSSR count). The third-order valence-electron chi connectivity index (χ3n) is 9.06. The van der Waals surface area contributed by atoms with E-state index in [1.807, 2.05) is 102 Å². The molecule has 49 heavy (non-hydrogen) atoms. The van der Waals surface area contributed by atoms with Gasteiger partial charge in [-0.05, 0) is 45.4 Å². The number of carbonyl (C=O) groups excluding carboxylic acids is 3. The Labute approximate surface area is 291 Å². The van der Waals surface area contributed by atoms with Gasteiger partial charge < -0.3 is 25.0 Å². The van der Waals surface area contributed by atoms with Crippen LogP contribution in [0.5, 0.6) is 0 Å². The zero-order valence-electron chi connectivity index (χ0n) is 30.3. The highest BCUT2D eigenvalue weighted by atomic mass is 16.5. The van der Waals surface area contributed by atoms with Crippen molar-refractivity contribution in [2.75, 3.05) is 44.9 Å². The van der Waals surface area contributed by atoms with Crippen LogP contribution in [0.2, 0.25) is 0 Å². The highest BCUT2D eigenvalue weighted by molar-refractivity contribution is 6.01. The van der Waals surface area contributed by atoms with Crippen LogP contribution in [0.3, 0.4) is 0 Å². The van der Waals surface area contributed by atoms with Crippen LogP contribution in [0, 0.1) is 11.3 Å². The van der Waals surface area contributed by atoms with E-state index in [2.05, 4.69) is 20.9 Å². The molecule has 2 aromatic carbocycles. The first-order valence-corrected chi connectivity index (χ1v) is 17.4. The van der Waals surface area contributed by atoms with Gasteiger partial charge in [0.1, 0.15) is 11.5 Å². The van der Waals surface area contributed by atoms with Gasteiger partial charge in [-0.25, -0.2) is 4.68 Å². The summed E-state index contributed by atoms with van der Waals surface area (Å²) in [4.78, 5) is 41.0. The second-order valence-electron chi connectivity index (χ2n) is 14.2. The Morgan fingerprint density at radius 1 is 0.898 bits per heavy atom. The minimum Gasteiger partial charge on any atom is -0.378 e. The number of para-hydroxylation sites is 1. The molecular weight excluding hydrogens is 620 g/mol. The topological polar surface area (TPSA) is 128 Å². The number of rotatable bonds is 18. The van der Waals surface area contributed by atoms with Gasteiger partial charge in [0.15, 0.2) is 0 Å². The minimum absolute atomic E-state index is 0.0153. The molecule has 1 aliphatic heterocycles. The van der Waals surface area contributed by atoms with Crippen LogP contribution in [0.15, 0.2) is 48.5 Å². The third-order valence-corrected chi connectivity index (χ3v) is 9.06. The monoisotopic (exact) mass is 674 g/mol. The molecule has 266 valence electrons. The number of anilines is 1. The predicted octanol–water partition coefficient (Wildman–Crippen LogP) is 5.42. The molecule has 2 N–H and O–H groups in total. The van der Waals surface area contributed by atoms with Gasteiger partial charge in [-0.2, -0.15) is 0 Å². The zero-order chi connectivity index (χ0) is 35.6. The number of ether oxygens (including phenoxy) is 2. The molecule has 2 heterocycles. The van der Waals surface area contributed by atoms with Crippen LogP contribution in [0.1, 0.15) is 72.8 Å². The van der Waals surface area contributed by atoms with E-state index in [-0.39, 0.29) is 36.4 Å².